The molecule has 0 radical (unpaired) electrons. The molecular formula is C41H50N4O. The van der Waals surface area contributed by atoms with Crippen LogP contribution in [0.1, 0.15) is 71.9 Å². The van der Waals surface area contributed by atoms with Crippen LogP contribution in [-0.4, -0.2) is 15.8 Å². The number of nitrogens with zero attached hydrogens (tertiary/aromatic N) is 4. The molecule has 5 nitrogen and oxygen atoms in total. The third-order valence-electron chi connectivity index (χ3n) is 7.58. The third kappa shape index (κ3) is 9.61. The van der Waals surface area contributed by atoms with Crippen molar-refractivity contribution < 1.29 is 0 Å². The average Bonchev–Trinajstić information content (AvgIpc) is 3.15. The van der Waals surface area contributed by atoms with Gasteiger partial charge in [-0.15, -0.1) is 0 Å². The van der Waals surface area contributed by atoms with E-state index in [-0.39, 0.29) is 5.56 Å². The van der Waals surface area contributed by atoms with Gasteiger partial charge in [-0.25, -0.2) is 9.99 Å². The number of aryl methyl sites for hydroxylation is 3. The summed E-state index contributed by atoms with van der Waals surface area (Å²) < 4.78 is 1.59. The van der Waals surface area contributed by atoms with Crippen LogP contribution in [0.3, 0.4) is 0 Å². The Labute approximate surface area is 276 Å². The molecule has 1 aliphatic heterocycles. The first kappa shape index (κ1) is 35.7. The van der Waals surface area contributed by atoms with Gasteiger partial charge in [-0.1, -0.05) is 127 Å². The summed E-state index contributed by atoms with van der Waals surface area (Å²) in [6.07, 6.45) is 13.4. The second-order valence-corrected chi connectivity index (χ2v) is 10.7. The molecule has 0 atom stereocenters. The lowest BCUT2D eigenvalue weighted by molar-refractivity contribution is 0.872. The number of rotatable bonds is 6. The summed E-state index contributed by atoms with van der Waals surface area (Å²) >= 11 is 0. The largest absolute Gasteiger partial charge is 0.318 e. The van der Waals surface area contributed by atoms with Crippen LogP contribution in [-0.2, 0) is 19.9 Å². The summed E-state index contributed by atoms with van der Waals surface area (Å²) in [4.78, 5) is 17.4. The van der Waals surface area contributed by atoms with Crippen molar-refractivity contribution in [3.05, 3.63) is 131 Å². The summed E-state index contributed by atoms with van der Waals surface area (Å²) in [5.41, 5.74) is 8.47. The van der Waals surface area contributed by atoms with E-state index in [1.54, 1.807) is 17.8 Å². The molecule has 0 bridgehead atoms. The zero-order valence-corrected chi connectivity index (χ0v) is 28.7. The van der Waals surface area contributed by atoms with E-state index in [1.807, 2.05) is 61.6 Å². The number of aromatic nitrogens is 2. The number of benzene rings is 3. The van der Waals surface area contributed by atoms with E-state index in [9.17, 15) is 4.79 Å². The number of hydrazone groups is 1. The smallest absolute Gasteiger partial charge is 0.259 e. The van der Waals surface area contributed by atoms with Crippen molar-refractivity contribution >= 4 is 22.8 Å². The average molecular weight is 615 g/mol. The Balaban J connectivity index is 0.000000242. The van der Waals surface area contributed by atoms with E-state index in [1.165, 1.54) is 24.0 Å². The minimum atomic E-state index is -0.0277. The number of hydrogen-bond acceptors (Lipinski definition) is 4. The minimum absolute atomic E-state index is 0.0277. The molecule has 0 fully saturated rings. The number of unbranched alkanes of at least 4 members (excludes halogenated alkanes) is 1. The van der Waals surface area contributed by atoms with Gasteiger partial charge in [0.15, 0.2) is 0 Å². The van der Waals surface area contributed by atoms with E-state index in [0.717, 1.165) is 52.9 Å². The Bertz CT molecular complexity index is 1720. The lowest BCUT2D eigenvalue weighted by Crippen LogP contribution is -2.16. The molecular weight excluding hydrogens is 564 g/mol. The topological polar surface area (TPSA) is 50.5 Å². The fourth-order valence-corrected chi connectivity index (χ4v) is 4.65. The molecule has 5 heteroatoms. The van der Waals surface area contributed by atoms with E-state index in [0.29, 0.717) is 5.39 Å². The number of hydrogen-bond donors (Lipinski definition) is 0. The molecule has 0 N–H and O–H groups in total. The van der Waals surface area contributed by atoms with Crippen molar-refractivity contribution in [2.75, 3.05) is 5.01 Å². The first-order valence-corrected chi connectivity index (χ1v) is 16.7. The maximum absolute atomic E-state index is 12.6. The van der Waals surface area contributed by atoms with Crippen LogP contribution in [0.5, 0.6) is 0 Å². The fourth-order valence-electron chi connectivity index (χ4n) is 4.65. The molecule has 5 aromatic rings. The van der Waals surface area contributed by atoms with Crippen molar-refractivity contribution in [3.63, 3.8) is 0 Å². The van der Waals surface area contributed by atoms with Gasteiger partial charge in [0, 0.05) is 43.2 Å². The molecule has 1 aliphatic rings. The van der Waals surface area contributed by atoms with Crippen LogP contribution >= 0.6 is 0 Å². The molecule has 0 unspecified atom stereocenters. The summed E-state index contributed by atoms with van der Waals surface area (Å²) in [6.45, 7) is 12.7. The maximum atomic E-state index is 12.6. The van der Waals surface area contributed by atoms with E-state index >= 15 is 0 Å². The van der Waals surface area contributed by atoms with Crippen LogP contribution in [0.15, 0.2) is 119 Å². The number of anilines is 1. The lowest BCUT2D eigenvalue weighted by atomic mass is 9.97. The van der Waals surface area contributed by atoms with E-state index in [2.05, 4.69) is 99.5 Å². The third-order valence-corrected chi connectivity index (χ3v) is 7.58. The first-order chi connectivity index (χ1) is 22.5. The van der Waals surface area contributed by atoms with Crippen molar-refractivity contribution in [3.8, 4) is 22.4 Å². The highest BCUT2D eigenvalue weighted by molar-refractivity contribution is 5.91. The molecule has 0 aliphatic carbocycles. The van der Waals surface area contributed by atoms with Gasteiger partial charge in [0.1, 0.15) is 0 Å². The maximum Gasteiger partial charge on any atom is 0.259 e. The van der Waals surface area contributed by atoms with Crippen LogP contribution in [0.2, 0.25) is 0 Å². The van der Waals surface area contributed by atoms with Crippen LogP contribution in [0.25, 0.3) is 33.3 Å². The molecule has 240 valence electrons. The lowest BCUT2D eigenvalue weighted by Gasteiger charge is -2.16. The summed E-state index contributed by atoms with van der Waals surface area (Å²) in [5, 5.41) is 6.81. The first-order valence-electron chi connectivity index (χ1n) is 16.7. The van der Waals surface area contributed by atoms with Gasteiger partial charge < -0.3 is 4.57 Å². The van der Waals surface area contributed by atoms with Gasteiger partial charge >= 0.3 is 0 Å². The van der Waals surface area contributed by atoms with Crippen molar-refractivity contribution in [1.82, 2.24) is 9.55 Å². The Hall–Kier alpha value is -4.77. The zero-order valence-electron chi connectivity index (χ0n) is 28.7. The van der Waals surface area contributed by atoms with Crippen LogP contribution in [0.4, 0.5) is 5.69 Å². The molecule has 46 heavy (non-hydrogen) atoms. The Morgan fingerprint density at radius 1 is 0.739 bits per heavy atom. The molecule has 0 saturated carbocycles. The highest BCUT2D eigenvalue weighted by atomic mass is 16.1. The van der Waals surface area contributed by atoms with Gasteiger partial charge in [-0.2, -0.15) is 5.10 Å². The quantitative estimate of drug-likeness (QED) is 0.191. The van der Waals surface area contributed by atoms with Gasteiger partial charge in [-0.05, 0) is 53.8 Å². The zero-order chi connectivity index (χ0) is 33.3. The number of allylic oxidation sites excluding steroid dienone is 1. The van der Waals surface area contributed by atoms with Gasteiger partial charge in [0.2, 0.25) is 0 Å². The minimum Gasteiger partial charge on any atom is -0.318 e. The standard InChI is InChI=1S/C23H20N2O.C12H14N2.C4H10.C2H6/c1-3-16-9-11-18(12-10-16)22-19(17-7-5-4-6-8-17)15-20-21(24-22)13-14-25(2)23(20)26;1-2-11-5-7-12(8-6-11)14-10-4-3-9-13-14;1-3-4-2;1-2/h4-15H,3H2,1-2H3;4-10H,2-3H2,1H3;3-4H2,1-2H3;1-2H3. The van der Waals surface area contributed by atoms with Crippen molar-refractivity contribution in [1.29, 1.82) is 0 Å². The molecule has 2 aromatic heterocycles. The summed E-state index contributed by atoms with van der Waals surface area (Å²) in [6, 6.07) is 31.0. The van der Waals surface area contributed by atoms with Crippen molar-refractivity contribution in [2.24, 2.45) is 12.1 Å². The Kier molecular flexibility index (Phi) is 14.7. The van der Waals surface area contributed by atoms with Crippen molar-refractivity contribution in [2.45, 2.75) is 73.6 Å². The fraction of sp³-hybridized carbons (Fsp3) is 0.293. The predicted molar refractivity (Wildman–Crippen MR) is 200 cm³/mol. The Morgan fingerprint density at radius 3 is 1.89 bits per heavy atom. The van der Waals surface area contributed by atoms with Gasteiger partial charge in [0.25, 0.3) is 5.56 Å². The molecule has 6 rings (SSSR count). The van der Waals surface area contributed by atoms with Gasteiger partial charge in [-0.3, -0.25) is 4.79 Å². The summed E-state index contributed by atoms with van der Waals surface area (Å²) in [7, 11) is 1.77. The SMILES string of the molecule is CC.CCCC.CCc1ccc(-c2nc3ccn(C)c(=O)c3cc2-c2ccccc2)cc1.CCc1ccc(N2C=CCC=N2)cc1. The Morgan fingerprint density at radius 2 is 1.35 bits per heavy atom. The number of pyridine rings is 2. The number of fused-ring (bicyclic) bond motifs is 1. The highest BCUT2D eigenvalue weighted by Gasteiger charge is 2.13. The molecule has 0 amide bonds. The van der Waals surface area contributed by atoms with E-state index in [4.69, 9.17) is 4.98 Å². The molecule has 0 saturated heterocycles. The molecule has 0 spiro atoms. The second kappa shape index (κ2) is 18.9. The van der Waals surface area contributed by atoms with Crippen LogP contribution in [0, 0.1) is 0 Å². The molecule has 3 heterocycles. The summed E-state index contributed by atoms with van der Waals surface area (Å²) in [5.74, 6) is 0. The highest BCUT2D eigenvalue weighted by Crippen LogP contribution is 2.32. The predicted octanol–water partition coefficient (Wildman–Crippen LogP) is 10.6. The second-order valence-electron chi connectivity index (χ2n) is 10.7. The van der Waals surface area contributed by atoms with E-state index < -0.39 is 0 Å². The molecule has 3 aromatic carbocycles. The van der Waals surface area contributed by atoms with Crippen LogP contribution < -0.4 is 10.6 Å². The monoisotopic (exact) mass is 614 g/mol. The normalized spacial score (nSPS) is 11.5. The van der Waals surface area contributed by atoms with Gasteiger partial charge in [0.05, 0.1) is 22.3 Å².